The highest BCUT2D eigenvalue weighted by Gasteiger charge is 2.27. The van der Waals surface area contributed by atoms with E-state index in [0.717, 1.165) is 5.56 Å². The molecule has 1 aromatic heterocycles. The largest absolute Gasteiger partial charge is 0.480 e. The van der Waals surface area contributed by atoms with Crippen LogP contribution < -0.4 is 10.6 Å². The molecular formula is C19H22N2O5S. The number of carbonyl (C=O) groups is 3. The summed E-state index contributed by atoms with van der Waals surface area (Å²) < 4.78 is 5.10. The zero-order chi connectivity index (χ0) is 19.8. The van der Waals surface area contributed by atoms with E-state index >= 15 is 0 Å². The van der Waals surface area contributed by atoms with Gasteiger partial charge < -0.3 is 20.2 Å². The highest BCUT2D eigenvalue weighted by atomic mass is 32.1. The maximum absolute atomic E-state index is 12.6. The standard InChI is InChI=1S/C19H22N2O5S/c1-12-14(7-9-26-12)17(22)20-15(8-10-27)18(23)21-16(19(24)25)11-13-5-3-2-4-6-13/h2-7,9,15-16,27H,8,10-11H2,1H3,(H,20,22)(H,21,23)(H,24,25)/t15?,16-/m1/s1. The summed E-state index contributed by atoms with van der Waals surface area (Å²) >= 11 is 4.12. The maximum Gasteiger partial charge on any atom is 0.326 e. The molecule has 0 aliphatic heterocycles. The molecule has 1 aromatic carbocycles. The summed E-state index contributed by atoms with van der Waals surface area (Å²) in [6.07, 6.45) is 1.79. The van der Waals surface area contributed by atoms with Gasteiger partial charge >= 0.3 is 5.97 Å². The molecule has 2 aromatic rings. The highest BCUT2D eigenvalue weighted by Crippen LogP contribution is 2.10. The van der Waals surface area contributed by atoms with Crippen LogP contribution in [-0.2, 0) is 16.0 Å². The first-order chi connectivity index (χ1) is 12.9. The number of carboxylic acids is 1. The Balaban J connectivity index is 2.06. The van der Waals surface area contributed by atoms with Crippen LogP contribution in [0.3, 0.4) is 0 Å². The molecule has 0 saturated heterocycles. The molecule has 0 bridgehead atoms. The van der Waals surface area contributed by atoms with E-state index in [0.29, 0.717) is 17.1 Å². The molecule has 0 aliphatic carbocycles. The van der Waals surface area contributed by atoms with Gasteiger partial charge in [-0.15, -0.1) is 0 Å². The molecule has 2 rings (SSSR count). The molecule has 8 heteroatoms. The summed E-state index contributed by atoms with van der Waals surface area (Å²) in [4.78, 5) is 36.5. The van der Waals surface area contributed by atoms with Crippen molar-refractivity contribution in [3.8, 4) is 0 Å². The average molecular weight is 390 g/mol. The maximum atomic E-state index is 12.6. The van der Waals surface area contributed by atoms with Crippen molar-refractivity contribution in [3.05, 3.63) is 59.5 Å². The van der Waals surface area contributed by atoms with E-state index in [1.54, 1.807) is 31.2 Å². The molecule has 144 valence electrons. The van der Waals surface area contributed by atoms with Gasteiger partial charge in [-0.3, -0.25) is 9.59 Å². The van der Waals surface area contributed by atoms with Gasteiger partial charge in [-0.25, -0.2) is 4.79 Å². The Labute approximate surface area is 162 Å². The van der Waals surface area contributed by atoms with Crippen LogP contribution in [-0.4, -0.2) is 40.7 Å². The fourth-order valence-electron chi connectivity index (χ4n) is 2.58. The number of hydrogen-bond donors (Lipinski definition) is 4. The molecule has 3 N–H and O–H groups in total. The Morgan fingerprint density at radius 1 is 1.11 bits per heavy atom. The summed E-state index contributed by atoms with van der Waals surface area (Å²) in [6.45, 7) is 1.64. The van der Waals surface area contributed by atoms with Crippen molar-refractivity contribution in [1.29, 1.82) is 0 Å². The van der Waals surface area contributed by atoms with Gasteiger partial charge in [-0.2, -0.15) is 12.6 Å². The van der Waals surface area contributed by atoms with E-state index in [1.165, 1.54) is 12.3 Å². The Morgan fingerprint density at radius 2 is 1.81 bits per heavy atom. The third kappa shape index (κ3) is 5.89. The molecule has 2 atom stereocenters. The van der Waals surface area contributed by atoms with Gasteiger partial charge in [0.15, 0.2) is 0 Å². The number of rotatable bonds is 9. The van der Waals surface area contributed by atoms with Gasteiger partial charge in [0.1, 0.15) is 17.8 Å². The minimum Gasteiger partial charge on any atom is -0.480 e. The topological polar surface area (TPSA) is 109 Å². The first-order valence-electron chi connectivity index (χ1n) is 8.45. The second-order valence-corrected chi connectivity index (χ2v) is 6.47. The van der Waals surface area contributed by atoms with Crippen LogP contribution in [0.4, 0.5) is 0 Å². The SMILES string of the molecule is Cc1occc1C(=O)NC(CCS)C(=O)N[C@H](Cc1ccccc1)C(=O)O. The van der Waals surface area contributed by atoms with Gasteiger partial charge in [-0.1, -0.05) is 30.3 Å². The predicted octanol–water partition coefficient (Wildman–Crippen LogP) is 1.82. The lowest BCUT2D eigenvalue weighted by atomic mass is 10.1. The number of furan rings is 1. The number of carboxylic acid groups (broad SMARTS) is 1. The molecule has 1 heterocycles. The fraction of sp³-hybridized carbons (Fsp3) is 0.316. The van der Waals surface area contributed by atoms with Gasteiger partial charge in [-0.05, 0) is 30.7 Å². The number of aryl methyl sites for hydroxylation is 1. The zero-order valence-electron chi connectivity index (χ0n) is 14.8. The summed E-state index contributed by atoms with van der Waals surface area (Å²) in [5, 5.41) is 14.6. The smallest absolute Gasteiger partial charge is 0.326 e. The second kappa shape index (κ2) is 9.82. The number of carbonyl (C=O) groups excluding carboxylic acids is 2. The molecule has 0 fully saturated rings. The Morgan fingerprint density at radius 3 is 2.37 bits per heavy atom. The lowest BCUT2D eigenvalue weighted by Crippen LogP contribution is -2.52. The lowest BCUT2D eigenvalue weighted by molar-refractivity contribution is -0.142. The number of thiol groups is 1. The molecular weight excluding hydrogens is 368 g/mol. The molecule has 7 nitrogen and oxygen atoms in total. The van der Waals surface area contributed by atoms with Crippen molar-refractivity contribution < 1.29 is 23.9 Å². The van der Waals surface area contributed by atoms with Crippen molar-refractivity contribution in [1.82, 2.24) is 10.6 Å². The number of nitrogens with one attached hydrogen (secondary N) is 2. The van der Waals surface area contributed by atoms with E-state index in [4.69, 9.17) is 4.42 Å². The van der Waals surface area contributed by atoms with Gasteiger partial charge in [0.25, 0.3) is 5.91 Å². The summed E-state index contributed by atoms with van der Waals surface area (Å²) in [5.74, 6) is -1.39. The quantitative estimate of drug-likeness (QED) is 0.489. The van der Waals surface area contributed by atoms with Crippen molar-refractivity contribution in [3.63, 3.8) is 0 Å². The Hall–Kier alpha value is -2.74. The van der Waals surface area contributed by atoms with Gasteiger partial charge in [0.2, 0.25) is 5.91 Å². The van der Waals surface area contributed by atoms with E-state index in [2.05, 4.69) is 23.3 Å². The van der Waals surface area contributed by atoms with Crippen LogP contribution >= 0.6 is 12.6 Å². The summed E-state index contributed by atoms with van der Waals surface area (Å²) in [6, 6.07) is 8.51. The average Bonchev–Trinajstić information content (AvgIpc) is 3.07. The van der Waals surface area contributed by atoms with Gasteiger partial charge in [0, 0.05) is 6.42 Å². The second-order valence-electron chi connectivity index (χ2n) is 6.02. The predicted molar refractivity (Wildman–Crippen MR) is 103 cm³/mol. The number of benzene rings is 1. The van der Waals surface area contributed by atoms with Crippen LogP contribution in [0, 0.1) is 6.92 Å². The minimum absolute atomic E-state index is 0.143. The minimum atomic E-state index is -1.14. The summed E-state index contributed by atoms with van der Waals surface area (Å²) in [7, 11) is 0. The van der Waals surface area contributed by atoms with Crippen molar-refractivity contribution in [2.75, 3.05) is 5.75 Å². The summed E-state index contributed by atoms with van der Waals surface area (Å²) in [5.41, 5.74) is 1.11. The van der Waals surface area contributed by atoms with Crippen LogP contribution in [0.5, 0.6) is 0 Å². The highest BCUT2D eigenvalue weighted by molar-refractivity contribution is 7.80. The Kier molecular flexibility index (Phi) is 7.48. The van der Waals surface area contributed by atoms with E-state index < -0.39 is 29.9 Å². The molecule has 0 saturated carbocycles. The van der Waals surface area contributed by atoms with Crippen molar-refractivity contribution in [2.45, 2.75) is 31.8 Å². The third-order valence-electron chi connectivity index (χ3n) is 4.04. The first kappa shape index (κ1) is 20.6. The Bertz CT molecular complexity index is 790. The van der Waals surface area contributed by atoms with Crippen molar-refractivity contribution >= 4 is 30.4 Å². The van der Waals surface area contributed by atoms with Crippen LogP contribution in [0.1, 0.15) is 28.1 Å². The van der Waals surface area contributed by atoms with E-state index in [-0.39, 0.29) is 12.8 Å². The monoisotopic (exact) mass is 390 g/mol. The van der Waals surface area contributed by atoms with Crippen LogP contribution in [0.25, 0.3) is 0 Å². The molecule has 0 radical (unpaired) electrons. The molecule has 1 unspecified atom stereocenters. The third-order valence-corrected chi connectivity index (χ3v) is 4.30. The zero-order valence-corrected chi connectivity index (χ0v) is 15.7. The molecule has 0 aliphatic rings. The van der Waals surface area contributed by atoms with Crippen LogP contribution in [0.15, 0.2) is 47.1 Å². The van der Waals surface area contributed by atoms with Gasteiger partial charge in [0.05, 0.1) is 11.8 Å². The van der Waals surface area contributed by atoms with Crippen LogP contribution in [0.2, 0.25) is 0 Å². The van der Waals surface area contributed by atoms with Crippen molar-refractivity contribution in [2.24, 2.45) is 0 Å². The molecule has 0 spiro atoms. The number of hydrogen-bond acceptors (Lipinski definition) is 5. The molecule has 2 amide bonds. The lowest BCUT2D eigenvalue weighted by Gasteiger charge is -2.21. The molecule has 27 heavy (non-hydrogen) atoms. The fourth-order valence-corrected chi connectivity index (χ4v) is 2.83. The number of aliphatic carboxylic acids is 1. The first-order valence-corrected chi connectivity index (χ1v) is 9.08. The normalized spacial score (nSPS) is 12.8. The van der Waals surface area contributed by atoms with E-state index in [1.807, 2.05) is 6.07 Å². The van der Waals surface area contributed by atoms with E-state index in [9.17, 15) is 19.5 Å². The number of amides is 2.